The highest BCUT2D eigenvalue weighted by molar-refractivity contribution is 7.98. The molecule has 0 N–H and O–H groups in total. The number of fused-ring (bicyclic) bond motifs is 1. The monoisotopic (exact) mass is 461 g/mol. The van der Waals surface area contributed by atoms with Crippen LogP contribution in [-0.4, -0.2) is 59.0 Å². The van der Waals surface area contributed by atoms with Crippen LogP contribution < -0.4 is 10.3 Å². The molecule has 1 fully saturated rings. The summed E-state index contributed by atoms with van der Waals surface area (Å²) in [7, 11) is 1.66. The molecule has 1 saturated heterocycles. The first-order valence-electron chi connectivity index (χ1n) is 9.91. The Morgan fingerprint density at radius 3 is 2.88 bits per heavy atom. The Kier molecular flexibility index (Phi) is 6.43. The largest absolute Gasteiger partial charge is 0.488 e. The highest BCUT2D eigenvalue weighted by Gasteiger charge is 2.26. The molecule has 0 radical (unpaired) electrons. The Hall–Kier alpha value is -2.98. The lowest BCUT2D eigenvalue weighted by Crippen LogP contribution is -2.47. The van der Waals surface area contributed by atoms with E-state index in [9.17, 15) is 18.4 Å². The molecule has 0 aliphatic carbocycles. The minimum absolute atomic E-state index is 0.0312. The van der Waals surface area contributed by atoms with E-state index in [1.54, 1.807) is 30.1 Å². The van der Waals surface area contributed by atoms with Crippen LogP contribution in [0.5, 0.6) is 5.75 Å². The molecule has 168 valence electrons. The van der Waals surface area contributed by atoms with Gasteiger partial charge in [0.25, 0.3) is 11.5 Å². The second-order valence-electron chi connectivity index (χ2n) is 7.32. The summed E-state index contributed by atoms with van der Waals surface area (Å²) in [6, 6.07) is 7.80. The molecular weight excluding hydrogens is 440 g/mol. The Morgan fingerprint density at radius 2 is 2.09 bits per heavy atom. The van der Waals surface area contributed by atoms with Crippen LogP contribution >= 0.6 is 11.8 Å². The molecule has 1 aromatic heterocycles. The van der Waals surface area contributed by atoms with Gasteiger partial charge in [-0.15, -0.1) is 0 Å². The molecule has 7 nitrogen and oxygen atoms in total. The average molecular weight is 461 g/mol. The number of ether oxygens (including phenoxy) is 2. The number of carbonyl (C=O) groups excluding carboxylic acids is 1. The number of morpholine rings is 1. The maximum Gasteiger partial charge on any atom is 0.261 e. The average Bonchev–Trinajstić information content (AvgIpc) is 2.81. The lowest BCUT2D eigenvalue weighted by molar-refractivity contribution is -0.0406. The van der Waals surface area contributed by atoms with Crippen molar-refractivity contribution < 1.29 is 23.0 Å². The first-order chi connectivity index (χ1) is 15.4. The van der Waals surface area contributed by atoms with Gasteiger partial charge in [0.05, 0.1) is 24.1 Å². The Balaban J connectivity index is 1.49. The summed E-state index contributed by atoms with van der Waals surface area (Å²) in [6.07, 6.45) is 1.33. The molecule has 1 atom stereocenters. The van der Waals surface area contributed by atoms with Gasteiger partial charge < -0.3 is 14.4 Å². The zero-order valence-corrected chi connectivity index (χ0v) is 18.3. The summed E-state index contributed by atoms with van der Waals surface area (Å²) >= 11 is 1.35. The van der Waals surface area contributed by atoms with Crippen molar-refractivity contribution in [2.75, 3.05) is 32.6 Å². The van der Waals surface area contributed by atoms with Crippen molar-refractivity contribution in [1.29, 1.82) is 0 Å². The molecule has 0 spiro atoms. The quantitative estimate of drug-likeness (QED) is 0.430. The van der Waals surface area contributed by atoms with Gasteiger partial charge in [0.15, 0.2) is 16.7 Å². The van der Waals surface area contributed by atoms with Crippen LogP contribution in [0.3, 0.4) is 0 Å². The van der Waals surface area contributed by atoms with Crippen molar-refractivity contribution in [2.24, 2.45) is 7.05 Å². The Bertz CT molecular complexity index is 1230. The smallest absolute Gasteiger partial charge is 0.261 e. The molecule has 2 heterocycles. The normalized spacial score (nSPS) is 16.4. The van der Waals surface area contributed by atoms with Gasteiger partial charge in [-0.05, 0) is 36.6 Å². The van der Waals surface area contributed by atoms with Crippen molar-refractivity contribution in [3.8, 4) is 5.75 Å². The minimum Gasteiger partial charge on any atom is -0.488 e. The van der Waals surface area contributed by atoms with E-state index in [0.717, 1.165) is 18.2 Å². The van der Waals surface area contributed by atoms with Crippen molar-refractivity contribution in [2.45, 2.75) is 11.3 Å². The van der Waals surface area contributed by atoms with Crippen molar-refractivity contribution >= 4 is 28.6 Å². The summed E-state index contributed by atoms with van der Waals surface area (Å²) in [4.78, 5) is 31.7. The minimum atomic E-state index is -0.672. The van der Waals surface area contributed by atoms with Gasteiger partial charge in [0.1, 0.15) is 18.5 Å². The van der Waals surface area contributed by atoms with Gasteiger partial charge in [-0.25, -0.2) is 13.8 Å². The van der Waals surface area contributed by atoms with Gasteiger partial charge in [-0.2, -0.15) is 0 Å². The topological polar surface area (TPSA) is 73.7 Å². The number of benzene rings is 2. The van der Waals surface area contributed by atoms with E-state index >= 15 is 0 Å². The van der Waals surface area contributed by atoms with Crippen molar-refractivity contribution in [1.82, 2.24) is 14.5 Å². The van der Waals surface area contributed by atoms with E-state index in [4.69, 9.17) is 9.47 Å². The molecule has 1 aliphatic rings. The Labute approximate surface area is 186 Å². The van der Waals surface area contributed by atoms with E-state index in [1.165, 1.54) is 16.3 Å². The predicted molar refractivity (Wildman–Crippen MR) is 116 cm³/mol. The number of rotatable bonds is 5. The summed E-state index contributed by atoms with van der Waals surface area (Å²) in [5, 5.41) is 0.993. The molecule has 1 amide bonds. The van der Waals surface area contributed by atoms with E-state index in [0.29, 0.717) is 28.2 Å². The van der Waals surface area contributed by atoms with Crippen LogP contribution in [-0.2, 0) is 11.8 Å². The van der Waals surface area contributed by atoms with Crippen LogP contribution in [0.4, 0.5) is 8.78 Å². The summed E-state index contributed by atoms with van der Waals surface area (Å²) < 4.78 is 39.5. The molecule has 1 unspecified atom stereocenters. The zero-order valence-electron chi connectivity index (χ0n) is 17.5. The van der Waals surface area contributed by atoms with Crippen molar-refractivity contribution in [3.63, 3.8) is 0 Å². The number of halogens is 2. The lowest BCUT2D eigenvalue weighted by atomic mass is 10.1. The number of amides is 1. The molecule has 10 heteroatoms. The second kappa shape index (κ2) is 9.25. The van der Waals surface area contributed by atoms with Gasteiger partial charge in [0, 0.05) is 25.2 Å². The maximum atomic E-state index is 13.8. The van der Waals surface area contributed by atoms with E-state index < -0.39 is 17.7 Å². The number of hydrogen-bond donors (Lipinski definition) is 0. The van der Waals surface area contributed by atoms with Crippen LogP contribution in [0.25, 0.3) is 10.9 Å². The first kappa shape index (κ1) is 22.2. The highest BCUT2D eigenvalue weighted by atomic mass is 32.2. The number of aromatic nitrogens is 2. The van der Waals surface area contributed by atoms with Gasteiger partial charge in [0.2, 0.25) is 0 Å². The number of carbonyl (C=O) groups is 1. The fraction of sp³-hybridized carbons (Fsp3) is 0.318. The first-order valence-corrected chi connectivity index (χ1v) is 11.1. The predicted octanol–water partition coefficient (Wildman–Crippen LogP) is 2.85. The highest BCUT2D eigenvalue weighted by Crippen LogP contribution is 2.20. The fourth-order valence-corrected chi connectivity index (χ4v) is 4.07. The van der Waals surface area contributed by atoms with Crippen LogP contribution in [0.1, 0.15) is 10.4 Å². The van der Waals surface area contributed by atoms with Crippen LogP contribution in [0, 0.1) is 11.6 Å². The molecule has 32 heavy (non-hydrogen) atoms. The SMILES string of the molecule is CSc1nc2cc(C(=O)N3CCOC(COc4cc(F)ccc4F)C3)ccc2c(=O)n1C. The maximum absolute atomic E-state index is 13.8. The third-order valence-corrected chi connectivity index (χ3v) is 5.94. The third kappa shape index (κ3) is 4.46. The molecular formula is C22H21F2N3O4S. The number of thioether (sulfide) groups is 1. The van der Waals surface area contributed by atoms with E-state index in [2.05, 4.69) is 4.98 Å². The summed E-state index contributed by atoms with van der Waals surface area (Å²) in [6.45, 7) is 0.862. The standard InChI is InChI=1S/C22H21F2N3O4S/c1-26-21(29)16-5-3-13(9-18(16)25-22(26)32-2)20(28)27-7-8-30-15(11-27)12-31-19-10-14(23)4-6-17(19)24/h3-6,9-10,15H,7-8,11-12H2,1-2H3. The number of hydrogen-bond acceptors (Lipinski definition) is 6. The van der Waals surface area contributed by atoms with E-state index in [1.807, 2.05) is 6.26 Å². The molecule has 0 bridgehead atoms. The third-order valence-electron chi connectivity index (χ3n) is 5.21. The van der Waals surface area contributed by atoms with Gasteiger partial charge in [-0.3, -0.25) is 14.2 Å². The van der Waals surface area contributed by atoms with Crippen LogP contribution in [0.15, 0.2) is 46.3 Å². The molecule has 0 saturated carbocycles. The number of nitrogens with zero attached hydrogens (tertiary/aromatic N) is 3. The summed E-state index contributed by atoms with van der Waals surface area (Å²) in [5.41, 5.74) is 0.688. The Morgan fingerprint density at radius 1 is 1.28 bits per heavy atom. The van der Waals surface area contributed by atoms with Gasteiger partial charge in [-0.1, -0.05) is 11.8 Å². The zero-order chi connectivity index (χ0) is 22.8. The van der Waals surface area contributed by atoms with Gasteiger partial charge >= 0.3 is 0 Å². The lowest BCUT2D eigenvalue weighted by Gasteiger charge is -2.33. The van der Waals surface area contributed by atoms with Crippen molar-refractivity contribution in [3.05, 3.63) is 63.9 Å². The van der Waals surface area contributed by atoms with Crippen LogP contribution in [0.2, 0.25) is 0 Å². The molecule has 1 aliphatic heterocycles. The second-order valence-corrected chi connectivity index (χ2v) is 8.10. The molecule has 3 aromatic rings. The molecule has 4 rings (SSSR count). The summed E-state index contributed by atoms with van der Waals surface area (Å²) in [5.74, 6) is -1.71. The molecule has 2 aromatic carbocycles. The fourth-order valence-electron chi connectivity index (χ4n) is 3.52. The van der Waals surface area contributed by atoms with E-state index in [-0.39, 0.29) is 37.0 Å².